The molecule has 1 aromatic rings. The lowest BCUT2D eigenvalue weighted by Gasteiger charge is -2.02. The summed E-state index contributed by atoms with van der Waals surface area (Å²) in [5.74, 6) is 0.308. The van der Waals surface area contributed by atoms with Gasteiger partial charge < -0.3 is 5.11 Å². The average Bonchev–Trinajstić information content (AvgIpc) is 2.06. The van der Waals surface area contributed by atoms with E-state index in [0.29, 0.717) is 5.75 Å². The molecule has 0 spiro atoms. The zero-order valence-electron chi connectivity index (χ0n) is 7.38. The molecule has 0 unspecified atom stereocenters. The van der Waals surface area contributed by atoms with E-state index in [1.54, 1.807) is 12.1 Å². The highest BCUT2D eigenvalue weighted by Gasteiger charge is 1.97. The van der Waals surface area contributed by atoms with Gasteiger partial charge >= 0.3 is 0 Å². The van der Waals surface area contributed by atoms with E-state index in [4.69, 9.17) is 5.11 Å². The second kappa shape index (κ2) is 4.00. The summed E-state index contributed by atoms with van der Waals surface area (Å²) < 4.78 is 0. The molecule has 0 radical (unpaired) electrons. The average molecular weight is 160 g/mol. The maximum Gasteiger partial charge on any atom is 0.122 e. The number of rotatable bonds is 3. The molecule has 0 aromatic heterocycles. The van der Waals surface area contributed by atoms with Crippen LogP contribution in [0.25, 0.3) is 5.57 Å². The number of hydrogen-bond acceptors (Lipinski definition) is 1. The van der Waals surface area contributed by atoms with Crippen molar-refractivity contribution >= 4 is 12.9 Å². The van der Waals surface area contributed by atoms with Crippen LogP contribution in [0.2, 0.25) is 13.1 Å². The predicted molar refractivity (Wildman–Crippen MR) is 55.0 cm³/mol. The molecule has 0 heterocycles. The summed E-state index contributed by atoms with van der Waals surface area (Å²) in [6.07, 6.45) is 1.02. The topological polar surface area (TPSA) is 20.2 Å². The van der Waals surface area contributed by atoms with Gasteiger partial charge in [0.25, 0.3) is 0 Å². The van der Waals surface area contributed by atoms with Gasteiger partial charge in [-0.05, 0) is 17.7 Å². The van der Waals surface area contributed by atoms with E-state index < -0.39 is 0 Å². The molecule has 0 saturated heterocycles. The molecule has 1 nitrogen and oxygen atoms in total. The van der Waals surface area contributed by atoms with Gasteiger partial charge in [-0.2, -0.15) is 0 Å². The van der Waals surface area contributed by atoms with Crippen molar-refractivity contribution in [2.45, 2.75) is 13.1 Å². The molecule has 0 aliphatic rings. The molecule has 0 atom stereocenters. The molecule has 0 fully saturated rings. The molecule has 0 bridgehead atoms. The monoisotopic (exact) mass is 160 g/mol. The van der Waals surface area contributed by atoms with Crippen LogP contribution in [0, 0.1) is 0 Å². The van der Waals surface area contributed by atoms with Crippen molar-refractivity contribution in [3.8, 4) is 5.75 Å². The lowest BCUT2D eigenvalue weighted by molar-refractivity contribution is 0.475. The standard InChI is InChI=1S/C10H13BO/c1-8(7-11-2)9-3-5-10(12)6-4-9/h3-6,11-12H,1,7H2,2H3. The highest BCUT2D eigenvalue weighted by Crippen LogP contribution is 2.18. The molecule has 2 heteroatoms. The highest BCUT2D eigenvalue weighted by molar-refractivity contribution is 6.36. The summed E-state index contributed by atoms with van der Waals surface area (Å²) in [6, 6.07) is 7.17. The number of benzene rings is 1. The van der Waals surface area contributed by atoms with Crippen LogP contribution in [0.1, 0.15) is 5.56 Å². The van der Waals surface area contributed by atoms with Gasteiger partial charge in [-0.15, -0.1) is 0 Å². The van der Waals surface area contributed by atoms with Crippen LogP contribution in [0.4, 0.5) is 0 Å². The molecule has 0 aliphatic heterocycles. The van der Waals surface area contributed by atoms with Crippen molar-refractivity contribution in [1.29, 1.82) is 0 Å². The molecule has 12 heavy (non-hydrogen) atoms. The van der Waals surface area contributed by atoms with Gasteiger partial charge in [0.15, 0.2) is 0 Å². The molecule has 0 aliphatic carbocycles. The zero-order valence-corrected chi connectivity index (χ0v) is 7.38. The number of aromatic hydroxyl groups is 1. The van der Waals surface area contributed by atoms with Gasteiger partial charge in [0.1, 0.15) is 13.0 Å². The smallest absolute Gasteiger partial charge is 0.122 e. The zero-order chi connectivity index (χ0) is 8.97. The summed E-state index contributed by atoms with van der Waals surface area (Å²) in [5.41, 5.74) is 2.26. The molecular formula is C10H13BO. The summed E-state index contributed by atoms with van der Waals surface area (Å²) in [6.45, 7) is 6.09. The van der Waals surface area contributed by atoms with E-state index in [2.05, 4.69) is 13.4 Å². The van der Waals surface area contributed by atoms with Crippen molar-refractivity contribution in [2.75, 3.05) is 0 Å². The Labute approximate surface area is 74.0 Å². The van der Waals surface area contributed by atoms with Gasteiger partial charge in [0.2, 0.25) is 0 Å². The van der Waals surface area contributed by atoms with Crippen LogP contribution in [0.15, 0.2) is 30.8 Å². The Bertz CT molecular complexity index is 264. The Hall–Kier alpha value is -1.18. The first-order chi connectivity index (χ1) is 5.74. The van der Waals surface area contributed by atoms with Crippen molar-refractivity contribution in [3.63, 3.8) is 0 Å². The third kappa shape index (κ3) is 2.16. The number of hydrogen-bond donors (Lipinski definition) is 1. The molecule has 1 rings (SSSR count). The predicted octanol–water partition coefficient (Wildman–Crippen LogP) is 2.31. The third-order valence-electron chi connectivity index (χ3n) is 1.83. The molecule has 62 valence electrons. The largest absolute Gasteiger partial charge is 0.508 e. The Morgan fingerprint density at radius 1 is 1.42 bits per heavy atom. The van der Waals surface area contributed by atoms with E-state index in [9.17, 15) is 0 Å². The first-order valence-corrected chi connectivity index (χ1v) is 4.21. The number of phenolic OH excluding ortho intramolecular Hbond substituents is 1. The first kappa shape index (κ1) is 8.92. The Morgan fingerprint density at radius 2 is 2.00 bits per heavy atom. The van der Waals surface area contributed by atoms with Crippen LogP contribution in [0.3, 0.4) is 0 Å². The van der Waals surface area contributed by atoms with Gasteiger partial charge in [0.05, 0.1) is 0 Å². The van der Waals surface area contributed by atoms with Crippen LogP contribution in [-0.4, -0.2) is 12.4 Å². The summed E-state index contributed by atoms with van der Waals surface area (Å²) in [7, 11) is 1.11. The maximum atomic E-state index is 9.04. The Morgan fingerprint density at radius 3 is 2.50 bits per heavy atom. The number of allylic oxidation sites excluding steroid dienone is 1. The molecule has 0 saturated carbocycles. The van der Waals surface area contributed by atoms with Crippen LogP contribution < -0.4 is 0 Å². The summed E-state index contributed by atoms with van der Waals surface area (Å²) >= 11 is 0. The summed E-state index contributed by atoms with van der Waals surface area (Å²) in [5, 5.41) is 9.04. The minimum atomic E-state index is 0.308. The highest BCUT2D eigenvalue weighted by atomic mass is 16.3. The molecule has 0 amide bonds. The van der Waals surface area contributed by atoms with Gasteiger partial charge in [-0.25, -0.2) is 0 Å². The second-order valence-electron chi connectivity index (χ2n) is 2.90. The Kier molecular flexibility index (Phi) is 2.97. The van der Waals surface area contributed by atoms with E-state index in [0.717, 1.165) is 24.7 Å². The quantitative estimate of drug-likeness (QED) is 0.672. The fourth-order valence-corrected chi connectivity index (χ4v) is 1.14. The third-order valence-corrected chi connectivity index (χ3v) is 1.83. The van der Waals surface area contributed by atoms with Crippen LogP contribution >= 0.6 is 0 Å². The fourth-order valence-electron chi connectivity index (χ4n) is 1.14. The minimum absolute atomic E-state index is 0.308. The first-order valence-electron chi connectivity index (χ1n) is 4.21. The maximum absolute atomic E-state index is 9.04. The normalized spacial score (nSPS) is 9.42. The van der Waals surface area contributed by atoms with Crippen LogP contribution in [-0.2, 0) is 0 Å². The number of phenols is 1. The lowest BCUT2D eigenvalue weighted by atomic mass is 9.74. The van der Waals surface area contributed by atoms with Crippen LogP contribution in [0.5, 0.6) is 5.75 Å². The van der Waals surface area contributed by atoms with Gasteiger partial charge in [0, 0.05) is 0 Å². The van der Waals surface area contributed by atoms with Crippen molar-refractivity contribution in [2.24, 2.45) is 0 Å². The molecular weight excluding hydrogens is 147 g/mol. The minimum Gasteiger partial charge on any atom is -0.508 e. The second-order valence-corrected chi connectivity index (χ2v) is 2.90. The fraction of sp³-hybridized carbons (Fsp3) is 0.200. The van der Waals surface area contributed by atoms with Crippen molar-refractivity contribution < 1.29 is 5.11 Å². The lowest BCUT2D eigenvalue weighted by Crippen LogP contribution is -1.85. The van der Waals surface area contributed by atoms with E-state index in [-0.39, 0.29) is 0 Å². The van der Waals surface area contributed by atoms with Crippen molar-refractivity contribution in [1.82, 2.24) is 0 Å². The van der Waals surface area contributed by atoms with E-state index in [1.807, 2.05) is 12.1 Å². The molecule has 1 N–H and O–H groups in total. The van der Waals surface area contributed by atoms with Gasteiger partial charge in [-0.1, -0.05) is 37.4 Å². The van der Waals surface area contributed by atoms with E-state index >= 15 is 0 Å². The summed E-state index contributed by atoms with van der Waals surface area (Å²) in [4.78, 5) is 0. The Balaban J connectivity index is 2.75. The van der Waals surface area contributed by atoms with E-state index in [1.165, 1.54) is 0 Å². The van der Waals surface area contributed by atoms with Crippen molar-refractivity contribution in [3.05, 3.63) is 36.4 Å². The van der Waals surface area contributed by atoms with Gasteiger partial charge in [-0.3, -0.25) is 0 Å². The molecule has 1 aromatic carbocycles. The SMILES string of the molecule is C=C(CBC)c1ccc(O)cc1.